The van der Waals surface area contributed by atoms with E-state index >= 15 is 0 Å². The number of nitrogens with two attached hydrogens (primary N) is 1. The molecule has 0 bridgehead atoms. The van der Waals surface area contributed by atoms with Crippen LogP contribution in [0, 0.1) is 18.8 Å². The van der Waals surface area contributed by atoms with Crippen LogP contribution in [0.1, 0.15) is 34.8 Å². The average Bonchev–Trinajstić information content (AvgIpc) is 3.28. The zero-order valence-electron chi connectivity index (χ0n) is 14.2. The molecule has 1 aromatic carbocycles. The lowest BCUT2D eigenvalue weighted by molar-refractivity contribution is -0.0846. The van der Waals surface area contributed by atoms with Crippen LogP contribution in [0.3, 0.4) is 0 Å². The normalized spacial score (nSPS) is 16.5. The molecule has 2 aromatic heterocycles. The van der Waals surface area contributed by atoms with Crippen LogP contribution in [-0.2, 0) is 4.84 Å². The molecule has 2 N–H and O–H groups in total. The van der Waals surface area contributed by atoms with Gasteiger partial charge in [0.1, 0.15) is 5.69 Å². The second kappa shape index (κ2) is 6.50. The van der Waals surface area contributed by atoms with Crippen LogP contribution in [0.4, 0.5) is 4.79 Å². The molecular formula is C19H17N5O2. The van der Waals surface area contributed by atoms with Gasteiger partial charge in [0.25, 0.3) is 0 Å². The van der Waals surface area contributed by atoms with Crippen molar-refractivity contribution in [2.75, 3.05) is 6.61 Å². The summed E-state index contributed by atoms with van der Waals surface area (Å²) in [6, 6.07) is 8.89. The van der Waals surface area contributed by atoms with Crippen molar-refractivity contribution in [3.8, 4) is 11.8 Å². The summed E-state index contributed by atoms with van der Waals surface area (Å²) in [5.41, 5.74) is 9.73. The number of imidazole rings is 1. The van der Waals surface area contributed by atoms with Gasteiger partial charge in [0.05, 0.1) is 18.8 Å². The Bertz CT molecular complexity index is 1050. The van der Waals surface area contributed by atoms with Crippen LogP contribution in [-0.4, -0.2) is 32.3 Å². The molecule has 3 aromatic rings. The number of hydroxylamine groups is 2. The monoisotopic (exact) mass is 347 g/mol. The lowest BCUT2D eigenvalue weighted by atomic mass is 9.99. The lowest BCUT2D eigenvalue weighted by Crippen LogP contribution is -2.34. The van der Waals surface area contributed by atoms with Crippen LogP contribution >= 0.6 is 0 Å². The number of rotatable bonds is 1. The summed E-state index contributed by atoms with van der Waals surface area (Å²) >= 11 is 0. The van der Waals surface area contributed by atoms with Gasteiger partial charge in [-0.3, -0.25) is 4.84 Å². The van der Waals surface area contributed by atoms with E-state index in [-0.39, 0.29) is 6.04 Å². The van der Waals surface area contributed by atoms with Crippen molar-refractivity contribution in [1.29, 1.82) is 0 Å². The van der Waals surface area contributed by atoms with Gasteiger partial charge < -0.3 is 5.73 Å². The molecule has 0 aliphatic carbocycles. The van der Waals surface area contributed by atoms with E-state index in [1.807, 2.05) is 37.3 Å². The van der Waals surface area contributed by atoms with Crippen molar-refractivity contribution in [2.24, 2.45) is 5.73 Å². The number of aryl methyl sites for hydroxylation is 1. The summed E-state index contributed by atoms with van der Waals surface area (Å²) in [6.45, 7) is 2.47. The molecule has 130 valence electrons. The molecule has 0 radical (unpaired) electrons. The van der Waals surface area contributed by atoms with Gasteiger partial charge in [-0.05, 0) is 42.2 Å². The molecule has 1 unspecified atom stereocenters. The third kappa shape index (κ3) is 2.87. The molecule has 1 saturated heterocycles. The van der Waals surface area contributed by atoms with Crippen LogP contribution in [0.5, 0.6) is 0 Å². The number of aromatic nitrogens is 3. The molecule has 1 atom stereocenters. The molecule has 7 heteroatoms. The van der Waals surface area contributed by atoms with Gasteiger partial charge in [0.2, 0.25) is 0 Å². The van der Waals surface area contributed by atoms with Crippen LogP contribution in [0.2, 0.25) is 0 Å². The fourth-order valence-electron chi connectivity index (χ4n) is 3.02. The van der Waals surface area contributed by atoms with E-state index < -0.39 is 6.03 Å². The van der Waals surface area contributed by atoms with Gasteiger partial charge in [0, 0.05) is 18.2 Å². The fourth-order valence-corrected chi connectivity index (χ4v) is 3.02. The average molecular weight is 347 g/mol. The summed E-state index contributed by atoms with van der Waals surface area (Å²) < 4.78 is 1.70. The topological polar surface area (TPSA) is 85.8 Å². The van der Waals surface area contributed by atoms with E-state index in [1.54, 1.807) is 16.9 Å². The zero-order valence-corrected chi connectivity index (χ0v) is 14.2. The molecule has 3 heterocycles. The number of amides is 2. The fraction of sp³-hybridized carbons (Fsp3) is 0.211. The van der Waals surface area contributed by atoms with Gasteiger partial charge in [-0.15, -0.1) is 0 Å². The Morgan fingerprint density at radius 1 is 1.35 bits per heavy atom. The summed E-state index contributed by atoms with van der Waals surface area (Å²) in [5, 5.41) is 5.50. The van der Waals surface area contributed by atoms with Gasteiger partial charge in [-0.2, -0.15) is 10.2 Å². The Morgan fingerprint density at radius 2 is 2.23 bits per heavy atom. The van der Waals surface area contributed by atoms with Crippen molar-refractivity contribution in [1.82, 2.24) is 19.7 Å². The number of carbonyl (C=O) groups excluding carboxylic acids is 1. The number of hydrogen-bond acceptors (Lipinski definition) is 4. The smallest absolute Gasteiger partial charge is 0.339 e. The highest BCUT2D eigenvalue weighted by atomic mass is 16.7. The highest BCUT2D eigenvalue weighted by Gasteiger charge is 2.30. The summed E-state index contributed by atoms with van der Waals surface area (Å²) in [7, 11) is 0. The van der Waals surface area contributed by atoms with Crippen molar-refractivity contribution in [3.63, 3.8) is 0 Å². The lowest BCUT2D eigenvalue weighted by Gasteiger charge is -2.21. The molecular weight excluding hydrogens is 330 g/mol. The van der Waals surface area contributed by atoms with E-state index in [9.17, 15) is 4.79 Å². The van der Waals surface area contributed by atoms with Gasteiger partial charge in [-0.1, -0.05) is 18.1 Å². The summed E-state index contributed by atoms with van der Waals surface area (Å²) in [4.78, 5) is 21.1. The summed E-state index contributed by atoms with van der Waals surface area (Å²) in [5.74, 6) is 6.32. The predicted octanol–water partition coefficient (Wildman–Crippen LogP) is 2.19. The third-order valence-corrected chi connectivity index (χ3v) is 4.37. The number of primary amides is 1. The standard InChI is InChI=1S/C19H17N5O2/c1-13-4-5-15(17-8-10-26-24(17)19(20)25)11-14(13)6-7-16-12-21-18-3-2-9-22-23(16)18/h2-5,9,11-12,17H,8,10H2,1H3,(H2,20,25). The molecule has 26 heavy (non-hydrogen) atoms. The molecule has 7 nitrogen and oxygen atoms in total. The number of carbonyl (C=O) groups is 1. The number of fused-ring (bicyclic) bond motifs is 1. The minimum atomic E-state index is -0.586. The van der Waals surface area contributed by atoms with Crippen molar-refractivity contribution < 1.29 is 9.63 Å². The molecule has 4 rings (SSSR count). The summed E-state index contributed by atoms with van der Waals surface area (Å²) in [6.07, 6.45) is 4.11. The minimum absolute atomic E-state index is 0.189. The molecule has 0 spiro atoms. The molecule has 0 saturated carbocycles. The van der Waals surface area contributed by atoms with E-state index in [1.165, 1.54) is 5.06 Å². The second-order valence-electron chi connectivity index (χ2n) is 6.06. The maximum atomic E-state index is 11.5. The number of benzene rings is 1. The van der Waals surface area contributed by atoms with E-state index in [4.69, 9.17) is 10.6 Å². The third-order valence-electron chi connectivity index (χ3n) is 4.37. The largest absolute Gasteiger partial charge is 0.350 e. The Hall–Kier alpha value is -3.37. The molecule has 1 aliphatic rings. The maximum absolute atomic E-state index is 11.5. The van der Waals surface area contributed by atoms with E-state index in [2.05, 4.69) is 21.9 Å². The van der Waals surface area contributed by atoms with Crippen LogP contribution in [0.15, 0.2) is 42.7 Å². The van der Waals surface area contributed by atoms with Crippen molar-refractivity contribution in [2.45, 2.75) is 19.4 Å². The molecule has 2 amide bonds. The Kier molecular flexibility index (Phi) is 4.03. The first-order valence-electron chi connectivity index (χ1n) is 8.26. The van der Waals surface area contributed by atoms with Gasteiger partial charge >= 0.3 is 6.03 Å². The molecule has 1 aliphatic heterocycles. The van der Waals surface area contributed by atoms with Crippen molar-refractivity contribution in [3.05, 3.63) is 65.1 Å². The number of nitrogens with zero attached hydrogens (tertiary/aromatic N) is 4. The first kappa shape index (κ1) is 16.1. The van der Waals surface area contributed by atoms with Gasteiger partial charge in [0.15, 0.2) is 5.65 Å². The Morgan fingerprint density at radius 3 is 3.08 bits per heavy atom. The molecule has 1 fully saturated rings. The maximum Gasteiger partial charge on any atom is 0.339 e. The Balaban J connectivity index is 1.69. The Labute approximate surface area is 150 Å². The highest BCUT2D eigenvalue weighted by Crippen LogP contribution is 2.30. The number of hydrogen-bond donors (Lipinski definition) is 1. The van der Waals surface area contributed by atoms with Crippen LogP contribution in [0.25, 0.3) is 5.65 Å². The minimum Gasteiger partial charge on any atom is -0.350 e. The zero-order chi connectivity index (χ0) is 18.1. The van der Waals surface area contributed by atoms with Crippen LogP contribution < -0.4 is 5.73 Å². The highest BCUT2D eigenvalue weighted by molar-refractivity contribution is 5.71. The number of urea groups is 1. The van der Waals surface area contributed by atoms with E-state index in [0.717, 1.165) is 22.3 Å². The van der Waals surface area contributed by atoms with Gasteiger partial charge in [-0.25, -0.2) is 14.3 Å². The quantitative estimate of drug-likeness (QED) is 0.684. The second-order valence-corrected chi connectivity index (χ2v) is 6.06. The predicted molar refractivity (Wildman–Crippen MR) is 94.9 cm³/mol. The van der Waals surface area contributed by atoms with E-state index in [0.29, 0.717) is 18.7 Å². The SMILES string of the molecule is Cc1ccc(C2CCON2C(N)=O)cc1C#Cc1cnc2cccnn12. The van der Waals surface area contributed by atoms with Crippen molar-refractivity contribution >= 4 is 11.7 Å². The first-order chi connectivity index (χ1) is 12.6. The first-order valence-corrected chi connectivity index (χ1v) is 8.26.